The molecular weight excluding hydrogens is 382 g/mol. The molecule has 1 aliphatic rings. The Morgan fingerprint density at radius 3 is 2.80 bits per heavy atom. The van der Waals surface area contributed by atoms with E-state index in [9.17, 15) is 14.9 Å². The average molecular weight is 398 g/mol. The van der Waals surface area contributed by atoms with Gasteiger partial charge in [0.2, 0.25) is 11.8 Å². The van der Waals surface area contributed by atoms with Gasteiger partial charge < -0.3 is 10.2 Å². The number of amides is 2. The number of hydrogen-bond donors (Lipinski definition) is 1. The van der Waals surface area contributed by atoms with Crippen LogP contribution in [0.1, 0.15) is 17.5 Å². The van der Waals surface area contributed by atoms with Crippen molar-refractivity contribution in [3.8, 4) is 6.07 Å². The van der Waals surface area contributed by atoms with E-state index in [-0.39, 0.29) is 24.8 Å². The number of nitrogens with one attached hydrogen (secondary N) is 1. The smallest absolute Gasteiger partial charge is 0.229 e. The molecule has 0 spiro atoms. The fourth-order valence-corrected chi connectivity index (χ4v) is 3.47. The minimum Gasteiger partial charge on any atom is -0.325 e. The number of halogens is 1. The van der Waals surface area contributed by atoms with E-state index in [4.69, 9.17) is 0 Å². The van der Waals surface area contributed by atoms with Crippen LogP contribution in [0.3, 0.4) is 0 Å². The van der Waals surface area contributed by atoms with Crippen molar-refractivity contribution in [3.63, 3.8) is 0 Å². The van der Waals surface area contributed by atoms with Gasteiger partial charge in [0.15, 0.2) is 0 Å². The van der Waals surface area contributed by atoms with Gasteiger partial charge in [0, 0.05) is 17.4 Å². The number of anilines is 2. The number of nitrogens with zero attached hydrogens (tertiary/aromatic N) is 2. The molecule has 1 aliphatic heterocycles. The summed E-state index contributed by atoms with van der Waals surface area (Å²) in [5.74, 6) is -0.798. The molecule has 0 bridgehead atoms. The van der Waals surface area contributed by atoms with E-state index in [0.717, 1.165) is 10.0 Å². The summed E-state index contributed by atoms with van der Waals surface area (Å²) >= 11 is 3.44. The SMILES string of the molecule is Cc1ccc(NC(=O)C2CC(=O)N(c3ccccc3C#N)C2)c(Br)c1. The third-order valence-corrected chi connectivity index (χ3v) is 4.85. The Bertz CT molecular complexity index is 888. The van der Waals surface area contributed by atoms with Crippen LogP contribution >= 0.6 is 15.9 Å². The highest BCUT2D eigenvalue weighted by Crippen LogP contribution is 2.29. The van der Waals surface area contributed by atoms with E-state index in [1.807, 2.05) is 25.1 Å². The molecule has 5 nitrogen and oxygen atoms in total. The first-order valence-electron chi connectivity index (χ1n) is 7.86. The predicted molar refractivity (Wildman–Crippen MR) is 99.1 cm³/mol. The monoisotopic (exact) mass is 397 g/mol. The fourth-order valence-electron chi connectivity index (χ4n) is 2.88. The Morgan fingerprint density at radius 1 is 1.32 bits per heavy atom. The van der Waals surface area contributed by atoms with Crippen molar-refractivity contribution in [2.45, 2.75) is 13.3 Å². The normalized spacial score (nSPS) is 16.6. The van der Waals surface area contributed by atoms with Crippen molar-refractivity contribution in [3.05, 3.63) is 58.1 Å². The van der Waals surface area contributed by atoms with E-state index in [1.165, 1.54) is 4.90 Å². The van der Waals surface area contributed by atoms with Crippen LogP contribution in [0, 0.1) is 24.2 Å². The molecule has 126 valence electrons. The number of carbonyl (C=O) groups excluding carboxylic acids is 2. The molecule has 0 aliphatic carbocycles. The van der Waals surface area contributed by atoms with Crippen LogP contribution in [0.25, 0.3) is 0 Å². The van der Waals surface area contributed by atoms with Crippen molar-refractivity contribution in [1.29, 1.82) is 5.26 Å². The minimum atomic E-state index is -0.451. The first-order chi connectivity index (χ1) is 12.0. The first-order valence-corrected chi connectivity index (χ1v) is 8.65. The Kier molecular flexibility index (Phi) is 4.86. The molecule has 1 fully saturated rings. The van der Waals surface area contributed by atoms with Crippen LogP contribution in [0.4, 0.5) is 11.4 Å². The van der Waals surface area contributed by atoms with E-state index >= 15 is 0 Å². The third kappa shape index (κ3) is 3.57. The summed E-state index contributed by atoms with van der Waals surface area (Å²) in [7, 11) is 0. The lowest BCUT2D eigenvalue weighted by Gasteiger charge is -2.18. The number of aryl methyl sites for hydroxylation is 1. The maximum atomic E-state index is 12.6. The maximum Gasteiger partial charge on any atom is 0.229 e. The Balaban J connectivity index is 1.76. The summed E-state index contributed by atoms with van der Waals surface area (Å²) < 4.78 is 0.803. The van der Waals surface area contributed by atoms with Gasteiger partial charge in [-0.15, -0.1) is 0 Å². The molecule has 1 saturated heterocycles. The van der Waals surface area contributed by atoms with Gasteiger partial charge >= 0.3 is 0 Å². The Morgan fingerprint density at radius 2 is 2.08 bits per heavy atom. The van der Waals surface area contributed by atoms with E-state index in [2.05, 4.69) is 27.3 Å². The quantitative estimate of drug-likeness (QED) is 0.859. The standard InChI is InChI=1S/C19H16BrN3O2/c1-12-6-7-16(15(20)8-12)22-19(25)14-9-18(24)23(11-14)17-5-3-2-4-13(17)10-21/h2-8,14H,9,11H2,1H3,(H,22,25). The summed E-state index contributed by atoms with van der Waals surface area (Å²) in [6.07, 6.45) is 0.134. The zero-order valence-corrected chi connectivity index (χ0v) is 15.2. The lowest BCUT2D eigenvalue weighted by atomic mass is 10.1. The molecule has 0 saturated carbocycles. The molecule has 1 heterocycles. The van der Waals surface area contributed by atoms with E-state index < -0.39 is 5.92 Å². The molecule has 1 atom stereocenters. The van der Waals surface area contributed by atoms with E-state index in [1.54, 1.807) is 24.3 Å². The predicted octanol–water partition coefficient (Wildman–Crippen LogP) is 3.62. The summed E-state index contributed by atoms with van der Waals surface area (Å²) in [6.45, 7) is 2.24. The molecule has 1 unspecified atom stereocenters. The van der Waals surface area contributed by atoms with Crippen molar-refractivity contribution < 1.29 is 9.59 Å². The van der Waals surface area contributed by atoms with Crippen LogP contribution in [-0.2, 0) is 9.59 Å². The summed E-state index contributed by atoms with van der Waals surface area (Å²) in [5, 5.41) is 12.1. The van der Waals surface area contributed by atoms with Gasteiger partial charge in [-0.25, -0.2) is 0 Å². The van der Waals surface area contributed by atoms with Crippen molar-refractivity contribution in [1.82, 2.24) is 0 Å². The van der Waals surface area contributed by atoms with Crippen molar-refractivity contribution in [2.24, 2.45) is 5.92 Å². The van der Waals surface area contributed by atoms with Crippen LogP contribution in [0.5, 0.6) is 0 Å². The first kappa shape index (κ1) is 17.2. The largest absolute Gasteiger partial charge is 0.325 e. The third-order valence-electron chi connectivity index (χ3n) is 4.19. The van der Waals surface area contributed by atoms with Gasteiger partial charge in [-0.1, -0.05) is 18.2 Å². The van der Waals surface area contributed by atoms with Gasteiger partial charge in [0.1, 0.15) is 6.07 Å². The highest BCUT2D eigenvalue weighted by Gasteiger charge is 2.36. The second-order valence-electron chi connectivity index (χ2n) is 6.01. The number of nitriles is 1. The molecule has 25 heavy (non-hydrogen) atoms. The molecule has 3 rings (SSSR count). The molecule has 2 aromatic rings. The second-order valence-corrected chi connectivity index (χ2v) is 6.86. The van der Waals surface area contributed by atoms with Crippen molar-refractivity contribution in [2.75, 3.05) is 16.8 Å². The maximum absolute atomic E-state index is 12.6. The van der Waals surface area contributed by atoms with Crippen LogP contribution in [0.15, 0.2) is 46.9 Å². The van der Waals surface area contributed by atoms with Gasteiger partial charge in [-0.3, -0.25) is 9.59 Å². The summed E-state index contributed by atoms with van der Waals surface area (Å²) in [4.78, 5) is 26.4. The van der Waals surface area contributed by atoms with Crippen LogP contribution in [0.2, 0.25) is 0 Å². The molecular formula is C19H16BrN3O2. The van der Waals surface area contributed by atoms with Crippen LogP contribution < -0.4 is 10.2 Å². The zero-order chi connectivity index (χ0) is 18.0. The van der Waals surface area contributed by atoms with Gasteiger partial charge in [-0.2, -0.15) is 5.26 Å². The number of carbonyl (C=O) groups is 2. The Hall–Kier alpha value is -2.65. The average Bonchev–Trinajstić information content (AvgIpc) is 2.99. The van der Waals surface area contributed by atoms with E-state index in [0.29, 0.717) is 16.9 Å². The molecule has 2 aromatic carbocycles. The number of benzene rings is 2. The highest BCUT2D eigenvalue weighted by atomic mass is 79.9. The lowest BCUT2D eigenvalue weighted by molar-refractivity contribution is -0.122. The topological polar surface area (TPSA) is 73.2 Å². The minimum absolute atomic E-state index is 0.134. The molecule has 2 amide bonds. The zero-order valence-electron chi connectivity index (χ0n) is 13.6. The number of para-hydroxylation sites is 1. The fraction of sp³-hybridized carbons (Fsp3) is 0.211. The number of rotatable bonds is 3. The van der Waals surface area contributed by atoms with Crippen molar-refractivity contribution >= 4 is 39.1 Å². The number of hydrogen-bond acceptors (Lipinski definition) is 3. The molecule has 0 radical (unpaired) electrons. The van der Waals surface area contributed by atoms with Gasteiger partial charge in [0.05, 0.1) is 22.9 Å². The van der Waals surface area contributed by atoms with Crippen LogP contribution in [-0.4, -0.2) is 18.4 Å². The lowest BCUT2D eigenvalue weighted by Crippen LogP contribution is -2.28. The Labute approximate surface area is 154 Å². The van der Waals surface area contributed by atoms with Gasteiger partial charge in [-0.05, 0) is 52.7 Å². The summed E-state index contributed by atoms with van der Waals surface area (Å²) in [6, 6.07) is 14.7. The molecule has 1 N–H and O–H groups in total. The van der Waals surface area contributed by atoms with Gasteiger partial charge in [0.25, 0.3) is 0 Å². The summed E-state index contributed by atoms with van der Waals surface area (Å²) in [5.41, 5.74) is 2.75. The molecule has 0 aromatic heterocycles. The molecule has 6 heteroatoms. The highest BCUT2D eigenvalue weighted by molar-refractivity contribution is 9.10. The second kappa shape index (κ2) is 7.08.